The first-order valence-electron chi connectivity index (χ1n) is 21.1. The summed E-state index contributed by atoms with van der Waals surface area (Å²) in [5.41, 5.74) is 8.56. The molecule has 0 saturated heterocycles. The van der Waals surface area contributed by atoms with Gasteiger partial charge < -0.3 is 18.1 Å². The van der Waals surface area contributed by atoms with Crippen molar-refractivity contribution in [2.24, 2.45) is 0 Å². The number of hydrogen-bond acceptors (Lipinski definition) is 2. The van der Waals surface area contributed by atoms with Crippen LogP contribution in [-0.4, -0.2) is 18.7 Å². The fourth-order valence-corrected chi connectivity index (χ4v) is 10.0. The van der Waals surface area contributed by atoms with Crippen molar-refractivity contribution in [1.82, 2.24) is 18.7 Å². The van der Waals surface area contributed by atoms with Gasteiger partial charge in [-0.2, -0.15) is 26.3 Å². The highest BCUT2D eigenvalue weighted by atomic mass is 19.4. The van der Waals surface area contributed by atoms with Gasteiger partial charge in [0.25, 0.3) is 0 Å². The van der Waals surface area contributed by atoms with Crippen LogP contribution in [0.5, 0.6) is 0 Å². The third-order valence-corrected chi connectivity index (χ3v) is 12.9. The van der Waals surface area contributed by atoms with E-state index in [1.54, 1.807) is 16.7 Å². The molecule has 0 fully saturated rings. The van der Waals surface area contributed by atoms with E-state index < -0.39 is 23.5 Å². The Morgan fingerprint density at radius 1 is 0.333 bits per heavy atom. The van der Waals surface area contributed by atoms with E-state index in [0.717, 1.165) is 90.4 Å². The van der Waals surface area contributed by atoms with Crippen molar-refractivity contribution in [2.75, 3.05) is 0 Å². The predicted octanol–water partition coefficient (Wildman–Crippen LogP) is 16.0. The van der Waals surface area contributed by atoms with E-state index in [1.165, 1.54) is 22.9 Å². The number of furan rings is 1. The first-order chi connectivity index (χ1) is 32.0. The van der Waals surface area contributed by atoms with Crippen LogP contribution in [0.4, 0.5) is 26.3 Å². The lowest BCUT2D eigenvalue weighted by atomic mass is 10.0. The van der Waals surface area contributed by atoms with Crippen LogP contribution >= 0.6 is 0 Å². The zero-order chi connectivity index (χ0) is 44.6. The molecule has 0 unspecified atom stereocenters. The van der Waals surface area contributed by atoms with E-state index >= 15 is 0 Å². The number of para-hydroxylation sites is 3. The van der Waals surface area contributed by atoms with E-state index in [2.05, 4.69) is 100 Å². The number of pyridine rings is 1. The largest absolute Gasteiger partial charge is 0.456 e. The lowest BCUT2D eigenvalue weighted by molar-refractivity contribution is -0.138. The SMILES string of the molecule is FC(F)(F)c1ccc2c(c1)c1cc(C(F)(F)F)ccc1n2-c1ccc2oc3ccc(-c4ccc5c(c4)c4ccccc4n5-c4cncc(-n5c6ccccc6c6ccccc65)c4)cc3c2c1. The predicted molar refractivity (Wildman–Crippen MR) is 250 cm³/mol. The minimum atomic E-state index is -4.68. The number of alkyl halides is 6. The Morgan fingerprint density at radius 2 is 0.727 bits per heavy atom. The summed E-state index contributed by atoms with van der Waals surface area (Å²) in [7, 11) is 0. The molecule has 5 heterocycles. The molecule has 0 radical (unpaired) electrons. The minimum absolute atomic E-state index is 0.0641. The molecule has 0 aliphatic carbocycles. The standard InChI is InChI=1S/C55H30F6N4O/c56-54(57,58)33-15-19-50-42(25-33)43-26-34(55(59,60)61)16-20-51(43)63(50)35-17-22-53-45(28-35)44-24-32(14-21-52(44)66-53)31-13-18-49-41(23-31)40-9-3-6-12-48(40)65(49)37-27-36(29-62-30-37)64-46-10-4-1-7-38(46)39-8-2-5-11-47(39)64/h1-30H. The van der Waals surface area contributed by atoms with Crippen LogP contribution in [0.2, 0.25) is 0 Å². The first kappa shape index (κ1) is 38.2. The Bertz CT molecular complexity index is 4040. The van der Waals surface area contributed by atoms with Gasteiger partial charge in [-0.15, -0.1) is 0 Å². The lowest BCUT2D eigenvalue weighted by Crippen LogP contribution is -2.04. The molecular formula is C55H30F6N4O. The molecule has 5 nitrogen and oxygen atoms in total. The van der Waals surface area contributed by atoms with E-state index in [9.17, 15) is 26.3 Å². The zero-order valence-electron chi connectivity index (χ0n) is 34.3. The molecule has 5 aromatic heterocycles. The Labute approximate surface area is 369 Å². The highest BCUT2D eigenvalue weighted by Gasteiger charge is 2.33. The second-order valence-corrected chi connectivity index (χ2v) is 16.6. The number of nitrogens with zero attached hydrogens (tertiary/aromatic N) is 4. The molecule has 66 heavy (non-hydrogen) atoms. The van der Waals surface area contributed by atoms with Crippen LogP contribution < -0.4 is 0 Å². The van der Waals surface area contributed by atoms with Gasteiger partial charge in [-0.3, -0.25) is 4.98 Å². The average molecular weight is 877 g/mol. The molecule has 13 rings (SSSR count). The van der Waals surface area contributed by atoms with Gasteiger partial charge in [0.05, 0.1) is 68.0 Å². The molecule has 0 N–H and O–H groups in total. The molecule has 8 aromatic carbocycles. The van der Waals surface area contributed by atoms with Crippen LogP contribution in [0.3, 0.4) is 0 Å². The lowest BCUT2D eigenvalue weighted by Gasteiger charge is -2.12. The van der Waals surface area contributed by atoms with E-state index in [1.807, 2.05) is 42.7 Å². The molecule has 318 valence electrons. The highest BCUT2D eigenvalue weighted by molar-refractivity contribution is 6.13. The summed E-state index contributed by atoms with van der Waals surface area (Å²) in [6.45, 7) is 0. The molecule has 0 spiro atoms. The van der Waals surface area contributed by atoms with Gasteiger partial charge in [0.15, 0.2) is 0 Å². The van der Waals surface area contributed by atoms with Gasteiger partial charge in [-0.05, 0) is 114 Å². The fraction of sp³-hybridized carbons (Fsp3) is 0.0364. The second-order valence-electron chi connectivity index (χ2n) is 16.6. The van der Waals surface area contributed by atoms with Gasteiger partial charge in [-0.1, -0.05) is 66.7 Å². The topological polar surface area (TPSA) is 40.8 Å². The summed E-state index contributed by atoms with van der Waals surface area (Å²) in [5, 5.41) is 6.15. The summed E-state index contributed by atoms with van der Waals surface area (Å²) in [6, 6.07) is 51.5. The molecule has 0 atom stereocenters. The maximum absolute atomic E-state index is 13.9. The maximum Gasteiger partial charge on any atom is 0.416 e. The zero-order valence-corrected chi connectivity index (χ0v) is 34.3. The minimum Gasteiger partial charge on any atom is -0.456 e. The number of rotatable bonds is 4. The summed E-state index contributed by atoms with van der Waals surface area (Å²) in [6.07, 6.45) is -5.58. The summed E-state index contributed by atoms with van der Waals surface area (Å²) < 4.78 is 96.0. The average Bonchev–Trinajstić information content (AvgIpc) is 4.06. The van der Waals surface area contributed by atoms with Gasteiger partial charge in [0.1, 0.15) is 11.2 Å². The van der Waals surface area contributed by atoms with Gasteiger partial charge in [0.2, 0.25) is 0 Å². The van der Waals surface area contributed by atoms with E-state index in [-0.39, 0.29) is 10.8 Å². The molecule has 0 saturated carbocycles. The molecule has 0 aliphatic rings. The van der Waals surface area contributed by atoms with Gasteiger partial charge >= 0.3 is 12.4 Å². The Balaban J connectivity index is 0.942. The van der Waals surface area contributed by atoms with Crippen LogP contribution in [0.15, 0.2) is 187 Å². The third kappa shape index (κ3) is 5.65. The van der Waals surface area contributed by atoms with Crippen molar-refractivity contribution in [3.8, 4) is 28.2 Å². The third-order valence-electron chi connectivity index (χ3n) is 12.9. The van der Waals surface area contributed by atoms with Crippen molar-refractivity contribution in [3.63, 3.8) is 0 Å². The summed E-state index contributed by atoms with van der Waals surface area (Å²) >= 11 is 0. The van der Waals surface area contributed by atoms with Crippen molar-refractivity contribution >= 4 is 87.4 Å². The number of halogens is 6. The van der Waals surface area contributed by atoms with Crippen molar-refractivity contribution in [1.29, 1.82) is 0 Å². The smallest absolute Gasteiger partial charge is 0.416 e. The van der Waals surface area contributed by atoms with Crippen LogP contribution in [0.1, 0.15) is 11.1 Å². The Kier molecular flexibility index (Phi) is 7.87. The summed E-state index contributed by atoms with van der Waals surface area (Å²) in [4.78, 5) is 4.78. The van der Waals surface area contributed by atoms with E-state index in [0.29, 0.717) is 27.9 Å². The van der Waals surface area contributed by atoms with Crippen molar-refractivity contribution < 1.29 is 30.8 Å². The molecule has 0 bridgehead atoms. The van der Waals surface area contributed by atoms with Crippen molar-refractivity contribution in [2.45, 2.75) is 12.4 Å². The summed E-state index contributed by atoms with van der Waals surface area (Å²) in [5.74, 6) is 0. The molecular weight excluding hydrogens is 847 g/mol. The second kappa shape index (κ2) is 13.6. The molecule has 0 amide bonds. The number of benzene rings is 8. The fourth-order valence-electron chi connectivity index (χ4n) is 10.0. The van der Waals surface area contributed by atoms with Crippen molar-refractivity contribution in [3.05, 3.63) is 193 Å². The normalized spacial score (nSPS) is 12.7. The monoisotopic (exact) mass is 876 g/mol. The first-order valence-corrected chi connectivity index (χ1v) is 21.1. The number of hydrogen-bond donors (Lipinski definition) is 0. The van der Waals surface area contributed by atoms with Gasteiger partial charge in [0, 0.05) is 48.8 Å². The Morgan fingerprint density at radius 3 is 1.26 bits per heavy atom. The van der Waals surface area contributed by atoms with Crippen LogP contribution in [0, 0.1) is 0 Å². The van der Waals surface area contributed by atoms with Crippen LogP contribution in [-0.2, 0) is 12.4 Å². The van der Waals surface area contributed by atoms with Gasteiger partial charge in [-0.25, -0.2) is 0 Å². The quantitative estimate of drug-likeness (QED) is 0.165. The molecule has 0 aliphatic heterocycles. The highest BCUT2D eigenvalue weighted by Crippen LogP contribution is 2.43. The van der Waals surface area contributed by atoms with E-state index in [4.69, 9.17) is 9.40 Å². The number of aromatic nitrogens is 4. The van der Waals surface area contributed by atoms with Crippen LogP contribution in [0.25, 0.3) is 116 Å². The maximum atomic E-state index is 13.9. The molecule has 11 heteroatoms. The number of fused-ring (bicyclic) bond motifs is 12. The molecule has 13 aromatic rings. The Hall–Kier alpha value is -8.31.